The first kappa shape index (κ1) is 22.2. The molecule has 4 nitrogen and oxygen atoms in total. The molecule has 2 fully saturated rings. The number of nitrogens with two attached hydrogens (primary N) is 1. The molecule has 2 aliphatic heterocycles. The van der Waals surface area contributed by atoms with Crippen molar-refractivity contribution in [1.29, 1.82) is 0 Å². The highest BCUT2D eigenvalue weighted by Crippen LogP contribution is 2.25. The molecule has 142 valence electrons. The highest BCUT2D eigenvalue weighted by molar-refractivity contribution is 5.85. The fourth-order valence-corrected chi connectivity index (χ4v) is 3.97. The van der Waals surface area contributed by atoms with Gasteiger partial charge in [-0.3, -0.25) is 9.69 Å². The molecule has 0 radical (unpaired) electrons. The van der Waals surface area contributed by atoms with Crippen molar-refractivity contribution in [3.05, 3.63) is 35.9 Å². The van der Waals surface area contributed by atoms with Crippen molar-refractivity contribution >= 4 is 30.7 Å². The number of piperidine rings is 1. The van der Waals surface area contributed by atoms with E-state index in [1.54, 1.807) is 0 Å². The molecule has 2 heterocycles. The first-order valence-corrected chi connectivity index (χ1v) is 8.97. The summed E-state index contributed by atoms with van der Waals surface area (Å²) in [7, 11) is 0. The predicted molar refractivity (Wildman–Crippen MR) is 107 cm³/mol. The minimum Gasteiger partial charge on any atom is -0.341 e. The van der Waals surface area contributed by atoms with Crippen LogP contribution < -0.4 is 5.73 Å². The first-order chi connectivity index (χ1) is 11.1. The minimum atomic E-state index is 0. The molecule has 0 aliphatic carbocycles. The molecule has 25 heavy (non-hydrogen) atoms. The highest BCUT2D eigenvalue weighted by Gasteiger charge is 2.35. The van der Waals surface area contributed by atoms with Crippen molar-refractivity contribution in [2.75, 3.05) is 19.6 Å². The molecule has 6 heteroatoms. The standard InChI is InChI=1S/C19H29N3O.2ClH/c1-15(20)17-9-12-21(13-10-17)19(23)18-8-5-11-22(18)14-16-6-3-2-4-7-16;;/h2-4,6-7,15,17-18H,5,8-14,20H2,1H3;2*1H. The van der Waals surface area contributed by atoms with Gasteiger partial charge in [0.15, 0.2) is 0 Å². The van der Waals surface area contributed by atoms with E-state index in [4.69, 9.17) is 5.73 Å². The van der Waals surface area contributed by atoms with E-state index in [0.717, 1.165) is 51.9 Å². The van der Waals surface area contributed by atoms with Gasteiger partial charge in [0.05, 0.1) is 6.04 Å². The molecule has 0 spiro atoms. The van der Waals surface area contributed by atoms with E-state index in [2.05, 4.69) is 41.0 Å². The molecule has 0 aromatic heterocycles. The van der Waals surface area contributed by atoms with Crippen LogP contribution in [0.25, 0.3) is 0 Å². The Bertz CT molecular complexity index is 519. The third kappa shape index (κ3) is 5.58. The minimum absolute atomic E-state index is 0. The summed E-state index contributed by atoms with van der Waals surface area (Å²) in [6, 6.07) is 10.8. The largest absolute Gasteiger partial charge is 0.341 e. The monoisotopic (exact) mass is 387 g/mol. The van der Waals surface area contributed by atoms with Gasteiger partial charge >= 0.3 is 0 Å². The van der Waals surface area contributed by atoms with Gasteiger partial charge in [0.1, 0.15) is 0 Å². The number of nitrogens with zero attached hydrogens (tertiary/aromatic N) is 2. The number of halogens is 2. The van der Waals surface area contributed by atoms with Gasteiger partial charge in [-0.25, -0.2) is 0 Å². The molecule has 2 aliphatic rings. The van der Waals surface area contributed by atoms with Crippen LogP contribution in [0.1, 0.15) is 38.2 Å². The van der Waals surface area contributed by atoms with Crippen LogP contribution in [0.5, 0.6) is 0 Å². The fraction of sp³-hybridized carbons (Fsp3) is 0.632. The maximum absolute atomic E-state index is 12.9. The Hall–Kier alpha value is -0.810. The van der Waals surface area contributed by atoms with Crippen LogP contribution in [0.2, 0.25) is 0 Å². The smallest absolute Gasteiger partial charge is 0.239 e. The maximum atomic E-state index is 12.9. The number of rotatable bonds is 4. The van der Waals surface area contributed by atoms with Gasteiger partial charge in [-0.2, -0.15) is 0 Å². The molecule has 1 aromatic carbocycles. The predicted octanol–water partition coefficient (Wildman–Crippen LogP) is 3.08. The van der Waals surface area contributed by atoms with Gasteiger partial charge in [-0.1, -0.05) is 30.3 Å². The van der Waals surface area contributed by atoms with Crippen LogP contribution >= 0.6 is 24.8 Å². The molecule has 2 saturated heterocycles. The van der Waals surface area contributed by atoms with E-state index < -0.39 is 0 Å². The summed E-state index contributed by atoms with van der Waals surface area (Å²) in [6.07, 6.45) is 4.22. The summed E-state index contributed by atoms with van der Waals surface area (Å²) >= 11 is 0. The second-order valence-electron chi connectivity index (χ2n) is 7.14. The number of hydrogen-bond acceptors (Lipinski definition) is 3. The van der Waals surface area contributed by atoms with Crippen LogP contribution in [0.3, 0.4) is 0 Å². The van der Waals surface area contributed by atoms with Crippen LogP contribution in [0.15, 0.2) is 30.3 Å². The van der Waals surface area contributed by atoms with E-state index >= 15 is 0 Å². The van der Waals surface area contributed by atoms with E-state index in [-0.39, 0.29) is 36.9 Å². The summed E-state index contributed by atoms with van der Waals surface area (Å²) in [5, 5.41) is 0. The molecule has 0 bridgehead atoms. The average Bonchev–Trinajstić information content (AvgIpc) is 3.03. The van der Waals surface area contributed by atoms with Gasteiger partial charge in [0.2, 0.25) is 5.91 Å². The zero-order valence-corrected chi connectivity index (χ0v) is 16.6. The highest BCUT2D eigenvalue weighted by atomic mass is 35.5. The van der Waals surface area contributed by atoms with Gasteiger partial charge < -0.3 is 10.6 Å². The van der Waals surface area contributed by atoms with Gasteiger partial charge in [0, 0.05) is 25.7 Å². The second kappa shape index (κ2) is 10.4. The van der Waals surface area contributed by atoms with Crippen molar-refractivity contribution in [2.45, 2.75) is 51.2 Å². The number of amides is 1. The summed E-state index contributed by atoms with van der Waals surface area (Å²) in [5.74, 6) is 0.907. The van der Waals surface area contributed by atoms with Gasteiger partial charge in [-0.15, -0.1) is 24.8 Å². The van der Waals surface area contributed by atoms with E-state index in [9.17, 15) is 4.79 Å². The molecule has 2 N–H and O–H groups in total. The fourth-order valence-electron chi connectivity index (χ4n) is 3.97. The first-order valence-electron chi connectivity index (χ1n) is 8.97. The van der Waals surface area contributed by atoms with E-state index in [0.29, 0.717) is 11.8 Å². The zero-order valence-electron chi connectivity index (χ0n) is 15.0. The van der Waals surface area contributed by atoms with Crippen molar-refractivity contribution in [3.8, 4) is 0 Å². The SMILES string of the molecule is CC(N)C1CCN(C(=O)C2CCCN2Cc2ccccc2)CC1.Cl.Cl. The second-order valence-corrected chi connectivity index (χ2v) is 7.14. The molecule has 1 aromatic rings. The van der Waals surface area contributed by atoms with E-state index in [1.165, 1.54) is 5.56 Å². The van der Waals surface area contributed by atoms with Crippen molar-refractivity contribution in [1.82, 2.24) is 9.80 Å². The molecular formula is C19H31Cl2N3O. The van der Waals surface area contributed by atoms with Crippen molar-refractivity contribution < 1.29 is 4.79 Å². The number of benzene rings is 1. The molecule has 0 saturated carbocycles. The lowest BCUT2D eigenvalue weighted by Gasteiger charge is -2.36. The Kier molecular flexibility index (Phi) is 9.22. The van der Waals surface area contributed by atoms with Crippen LogP contribution in [0, 0.1) is 5.92 Å². The summed E-state index contributed by atoms with van der Waals surface area (Å²) in [5.41, 5.74) is 7.30. The Labute approximate surface area is 163 Å². The number of hydrogen-bond donors (Lipinski definition) is 1. The van der Waals surface area contributed by atoms with Crippen LogP contribution in [-0.2, 0) is 11.3 Å². The summed E-state index contributed by atoms with van der Waals surface area (Å²) in [4.78, 5) is 17.4. The lowest BCUT2D eigenvalue weighted by molar-refractivity contribution is -0.137. The van der Waals surface area contributed by atoms with Crippen LogP contribution in [0.4, 0.5) is 0 Å². The molecule has 2 atom stereocenters. The maximum Gasteiger partial charge on any atom is 0.239 e. The topological polar surface area (TPSA) is 49.6 Å². The van der Waals surface area contributed by atoms with Gasteiger partial charge in [-0.05, 0) is 50.6 Å². The number of carbonyl (C=O) groups excluding carboxylic acids is 1. The Morgan fingerprint density at radius 2 is 1.76 bits per heavy atom. The Morgan fingerprint density at radius 1 is 1.12 bits per heavy atom. The van der Waals surface area contributed by atoms with Crippen molar-refractivity contribution in [3.63, 3.8) is 0 Å². The Balaban J connectivity index is 0.00000156. The third-order valence-electron chi connectivity index (χ3n) is 5.47. The summed E-state index contributed by atoms with van der Waals surface area (Å²) < 4.78 is 0. The molecule has 1 amide bonds. The molecular weight excluding hydrogens is 357 g/mol. The number of likely N-dealkylation sites (tertiary alicyclic amines) is 2. The van der Waals surface area contributed by atoms with Crippen molar-refractivity contribution in [2.24, 2.45) is 11.7 Å². The van der Waals surface area contributed by atoms with Gasteiger partial charge in [0.25, 0.3) is 0 Å². The molecule has 3 rings (SSSR count). The van der Waals surface area contributed by atoms with E-state index in [1.807, 2.05) is 6.07 Å². The Morgan fingerprint density at radius 3 is 2.36 bits per heavy atom. The molecule has 2 unspecified atom stereocenters. The average molecular weight is 388 g/mol. The lowest BCUT2D eigenvalue weighted by atomic mass is 9.90. The zero-order chi connectivity index (χ0) is 16.2. The summed E-state index contributed by atoms with van der Waals surface area (Å²) in [6.45, 7) is 5.75. The normalized spacial score (nSPS) is 22.8. The quantitative estimate of drug-likeness (QED) is 0.863. The number of carbonyl (C=O) groups is 1. The third-order valence-corrected chi connectivity index (χ3v) is 5.47. The van der Waals surface area contributed by atoms with Crippen LogP contribution in [-0.4, -0.2) is 47.4 Å². The lowest BCUT2D eigenvalue weighted by Crippen LogP contribution is -2.49.